The molecule has 0 spiro atoms. The van der Waals surface area contributed by atoms with E-state index < -0.39 is 0 Å². The van der Waals surface area contributed by atoms with Gasteiger partial charge in [-0.05, 0) is 56.5 Å². The second kappa shape index (κ2) is 10.9. The van der Waals surface area contributed by atoms with E-state index >= 15 is 0 Å². The summed E-state index contributed by atoms with van der Waals surface area (Å²) in [5.41, 5.74) is 1.59. The van der Waals surface area contributed by atoms with Crippen molar-refractivity contribution >= 4 is 29.9 Å². The molecule has 1 aliphatic rings. The van der Waals surface area contributed by atoms with Gasteiger partial charge < -0.3 is 10.6 Å². The van der Waals surface area contributed by atoms with Crippen molar-refractivity contribution in [1.82, 2.24) is 15.5 Å². The molecule has 1 aromatic rings. The van der Waals surface area contributed by atoms with Crippen molar-refractivity contribution in [2.75, 3.05) is 26.7 Å². The Labute approximate surface area is 162 Å². The first kappa shape index (κ1) is 21.2. The molecule has 0 amide bonds. The summed E-state index contributed by atoms with van der Waals surface area (Å²) in [5.74, 6) is 0.607. The number of hydrogen-bond acceptors (Lipinski definition) is 2. The highest BCUT2D eigenvalue weighted by molar-refractivity contribution is 14.0. The van der Waals surface area contributed by atoms with Crippen molar-refractivity contribution < 1.29 is 4.39 Å². The van der Waals surface area contributed by atoms with Crippen LogP contribution in [0.5, 0.6) is 0 Å². The Morgan fingerprint density at radius 2 is 2.00 bits per heavy atom. The molecule has 1 saturated heterocycles. The Kier molecular flexibility index (Phi) is 9.58. The fourth-order valence-corrected chi connectivity index (χ4v) is 3.01. The molecule has 2 rings (SSSR count). The molecular weight excluding hydrogens is 418 g/mol. The highest BCUT2D eigenvalue weighted by Crippen LogP contribution is 2.13. The van der Waals surface area contributed by atoms with E-state index in [1.165, 1.54) is 25.9 Å². The van der Waals surface area contributed by atoms with Gasteiger partial charge >= 0.3 is 0 Å². The van der Waals surface area contributed by atoms with Gasteiger partial charge in [0.05, 0.1) is 0 Å². The lowest BCUT2D eigenvalue weighted by molar-refractivity contribution is 0.236. The summed E-state index contributed by atoms with van der Waals surface area (Å²) in [5, 5.41) is 6.65. The van der Waals surface area contributed by atoms with Crippen LogP contribution >= 0.6 is 24.0 Å². The van der Waals surface area contributed by atoms with Crippen molar-refractivity contribution in [1.29, 1.82) is 0 Å². The normalized spacial score (nSPS) is 16.6. The van der Waals surface area contributed by atoms with E-state index in [0.717, 1.165) is 24.5 Å². The maximum atomic E-state index is 13.6. The predicted octanol–water partition coefficient (Wildman–Crippen LogP) is 3.29. The summed E-state index contributed by atoms with van der Waals surface area (Å²) in [6.45, 7) is 7.87. The lowest BCUT2D eigenvalue weighted by Gasteiger charge is -2.27. The number of aryl methyl sites for hydroxylation is 1. The van der Waals surface area contributed by atoms with E-state index in [9.17, 15) is 4.39 Å². The third-order valence-corrected chi connectivity index (χ3v) is 4.55. The molecule has 0 aromatic heterocycles. The Morgan fingerprint density at radius 3 is 2.58 bits per heavy atom. The molecule has 1 fully saturated rings. The average molecular weight is 448 g/mol. The van der Waals surface area contributed by atoms with E-state index in [-0.39, 0.29) is 29.8 Å². The first-order chi connectivity index (χ1) is 11.1. The van der Waals surface area contributed by atoms with Crippen LogP contribution in [0.1, 0.15) is 37.3 Å². The summed E-state index contributed by atoms with van der Waals surface area (Å²) in [6.07, 6.45) is 3.75. The number of hydrogen-bond donors (Lipinski definition) is 2. The van der Waals surface area contributed by atoms with Crippen LogP contribution < -0.4 is 10.6 Å². The van der Waals surface area contributed by atoms with E-state index in [1.54, 1.807) is 20.0 Å². The van der Waals surface area contributed by atoms with Crippen molar-refractivity contribution in [2.45, 2.75) is 45.7 Å². The van der Waals surface area contributed by atoms with Gasteiger partial charge in [0.25, 0.3) is 0 Å². The monoisotopic (exact) mass is 448 g/mol. The predicted molar refractivity (Wildman–Crippen MR) is 110 cm³/mol. The summed E-state index contributed by atoms with van der Waals surface area (Å²) >= 11 is 0. The second-order valence-corrected chi connectivity index (χ2v) is 6.20. The van der Waals surface area contributed by atoms with Crippen molar-refractivity contribution in [3.63, 3.8) is 0 Å². The van der Waals surface area contributed by atoms with Gasteiger partial charge in [-0.25, -0.2) is 4.39 Å². The molecule has 1 heterocycles. The number of guanidine groups is 1. The van der Waals surface area contributed by atoms with E-state index in [2.05, 4.69) is 27.4 Å². The van der Waals surface area contributed by atoms with Crippen LogP contribution in [0.15, 0.2) is 23.2 Å². The molecule has 0 aliphatic carbocycles. The summed E-state index contributed by atoms with van der Waals surface area (Å²) < 4.78 is 13.6. The van der Waals surface area contributed by atoms with Crippen LogP contribution in [-0.4, -0.2) is 43.6 Å². The number of benzene rings is 1. The maximum Gasteiger partial charge on any atom is 0.191 e. The molecule has 0 radical (unpaired) electrons. The Hall–Kier alpha value is -0.890. The van der Waals surface area contributed by atoms with E-state index in [1.807, 2.05) is 12.1 Å². The van der Waals surface area contributed by atoms with Crippen LogP contribution in [0.3, 0.4) is 0 Å². The van der Waals surface area contributed by atoms with Crippen molar-refractivity contribution in [3.8, 4) is 0 Å². The quantitative estimate of drug-likeness (QED) is 0.399. The third kappa shape index (κ3) is 6.20. The van der Waals surface area contributed by atoms with Crippen LogP contribution in [0.4, 0.5) is 4.39 Å². The minimum absolute atomic E-state index is 0. The van der Waals surface area contributed by atoms with E-state index in [4.69, 9.17) is 0 Å². The first-order valence-electron chi connectivity index (χ1n) is 8.57. The van der Waals surface area contributed by atoms with Gasteiger partial charge in [0, 0.05) is 26.2 Å². The van der Waals surface area contributed by atoms with Gasteiger partial charge in [-0.1, -0.05) is 19.1 Å². The molecule has 0 saturated carbocycles. The van der Waals surface area contributed by atoms with Crippen LogP contribution in [0.25, 0.3) is 0 Å². The zero-order valence-corrected chi connectivity index (χ0v) is 17.3. The zero-order chi connectivity index (χ0) is 16.7. The highest BCUT2D eigenvalue weighted by Gasteiger charge is 2.20. The number of nitrogens with one attached hydrogen (secondary N) is 2. The third-order valence-electron chi connectivity index (χ3n) is 4.55. The molecular formula is C18H30FIN4. The Balaban J connectivity index is 0.00000288. The minimum Gasteiger partial charge on any atom is -0.355 e. The van der Waals surface area contributed by atoms with Gasteiger partial charge in [-0.2, -0.15) is 0 Å². The Morgan fingerprint density at radius 1 is 1.29 bits per heavy atom. The minimum atomic E-state index is -0.160. The molecule has 2 N–H and O–H groups in total. The summed E-state index contributed by atoms with van der Waals surface area (Å²) in [7, 11) is 1.77. The molecule has 4 nitrogen and oxygen atoms in total. The summed E-state index contributed by atoms with van der Waals surface area (Å²) in [4.78, 5) is 6.81. The van der Waals surface area contributed by atoms with Gasteiger partial charge in [0.2, 0.25) is 0 Å². The first-order valence-corrected chi connectivity index (χ1v) is 8.57. The number of halogens is 2. The van der Waals surface area contributed by atoms with Crippen molar-refractivity contribution in [3.05, 3.63) is 35.1 Å². The van der Waals surface area contributed by atoms with Crippen LogP contribution in [0, 0.1) is 12.7 Å². The smallest absolute Gasteiger partial charge is 0.191 e. The SMILES string of the molecule is CCC(CNC(=NC)NCc1ccc(C)c(F)c1)N1CCCC1.I. The van der Waals surface area contributed by atoms with Gasteiger partial charge in [0.1, 0.15) is 5.82 Å². The molecule has 6 heteroatoms. The van der Waals surface area contributed by atoms with Crippen LogP contribution in [0.2, 0.25) is 0 Å². The molecule has 136 valence electrons. The zero-order valence-electron chi connectivity index (χ0n) is 14.9. The highest BCUT2D eigenvalue weighted by atomic mass is 127. The Bertz CT molecular complexity index is 530. The standard InChI is InChI=1S/C18H29FN4.HI/c1-4-16(23-9-5-6-10-23)13-22-18(20-3)21-12-15-8-7-14(2)17(19)11-15;/h7-8,11,16H,4-6,9-10,12-13H2,1-3H3,(H2,20,21,22);1H. The molecule has 1 aliphatic heterocycles. The molecule has 1 aromatic carbocycles. The van der Waals surface area contributed by atoms with Gasteiger partial charge in [-0.15, -0.1) is 24.0 Å². The fourth-order valence-electron chi connectivity index (χ4n) is 3.01. The largest absolute Gasteiger partial charge is 0.355 e. The molecule has 1 atom stereocenters. The summed E-state index contributed by atoms with van der Waals surface area (Å²) in [6, 6.07) is 5.88. The molecule has 0 bridgehead atoms. The number of nitrogens with zero attached hydrogens (tertiary/aromatic N) is 2. The maximum absolute atomic E-state index is 13.6. The van der Waals surface area contributed by atoms with Gasteiger partial charge in [-0.3, -0.25) is 9.89 Å². The number of rotatable bonds is 6. The lowest BCUT2D eigenvalue weighted by atomic mass is 10.1. The fraction of sp³-hybridized carbons (Fsp3) is 0.611. The topological polar surface area (TPSA) is 39.7 Å². The molecule has 24 heavy (non-hydrogen) atoms. The second-order valence-electron chi connectivity index (χ2n) is 6.20. The lowest BCUT2D eigenvalue weighted by Crippen LogP contribution is -2.46. The average Bonchev–Trinajstić information content (AvgIpc) is 3.08. The van der Waals surface area contributed by atoms with Gasteiger partial charge in [0.15, 0.2) is 5.96 Å². The van der Waals surface area contributed by atoms with Crippen LogP contribution in [-0.2, 0) is 6.54 Å². The number of likely N-dealkylation sites (tertiary alicyclic amines) is 1. The van der Waals surface area contributed by atoms with E-state index in [0.29, 0.717) is 18.2 Å². The van der Waals surface area contributed by atoms with Crippen molar-refractivity contribution in [2.24, 2.45) is 4.99 Å². The number of aliphatic imine (C=N–C) groups is 1. The molecule has 1 unspecified atom stereocenters.